The average molecular weight is 406 g/mol. The molecule has 8 nitrogen and oxygen atoms in total. The van der Waals surface area contributed by atoms with Gasteiger partial charge in [0.25, 0.3) is 0 Å². The van der Waals surface area contributed by atoms with E-state index in [-0.39, 0.29) is 29.8 Å². The molecular weight excluding hydrogens is 376 g/mol. The van der Waals surface area contributed by atoms with Gasteiger partial charge in [0.15, 0.2) is 0 Å². The molecule has 2 unspecified atom stereocenters. The van der Waals surface area contributed by atoms with Crippen LogP contribution in [0, 0.1) is 0 Å². The second-order valence-corrected chi connectivity index (χ2v) is 7.60. The number of hydrogen-bond donors (Lipinski definition) is 1. The van der Waals surface area contributed by atoms with Crippen molar-refractivity contribution in [3.63, 3.8) is 0 Å². The number of ether oxygens (including phenoxy) is 3. The Morgan fingerprint density at radius 2 is 1.38 bits per heavy atom. The Morgan fingerprint density at radius 1 is 0.931 bits per heavy atom. The van der Waals surface area contributed by atoms with E-state index in [9.17, 15) is 14.7 Å². The van der Waals surface area contributed by atoms with Crippen molar-refractivity contribution >= 4 is 11.9 Å². The second-order valence-electron chi connectivity index (χ2n) is 7.60. The molecule has 2 fully saturated rings. The van der Waals surface area contributed by atoms with Crippen LogP contribution in [0.1, 0.15) is 36.8 Å². The number of aromatic hydroxyl groups is 1. The van der Waals surface area contributed by atoms with Gasteiger partial charge in [0.05, 0.1) is 21.3 Å². The molecule has 0 saturated carbocycles. The Morgan fingerprint density at radius 3 is 1.76 bits per heavy atom. The maximum Gasteiger partial charge on any atom is 0.323 e. The zero-order valence-corrected chi connectivity index (χ0v) is 17.3. The maximum absolute atomic E-state index is 12.0. The van der Waals surface area contributed by atoms with Gasteiger partial charge in [0.1, 0.15) is 23.6 Å². The minimum atomic E-state index is -0.295. The van der Waals surface area contributed by atoms with E-state index in [1.165, 1.54) is 14.2 Å². The second kappa shape index (κ2) is 9.45. The Balaban J connectivity index is 1.82. The van der Waals surface area contributed by atoms with E-state index in [1.807, 2.05) is 9.80 Å². The first-order valence-corrected chi connectivity index (χ1v) is 10.0. The van der Waals surface area contributed by atoms with Crippen LogP contribution in [0.2, 0.25) is 0 Å². The van der Waals surface area contributed by atoms with E-state index in [0.717, 1.165) is 38.8 Å². The van der Waals surface area contributed by atoms with Crippen LogP contribution in [0.4, 0.5) is 0 Å². The van der Waals surface area contributed by atoms with Crippen LogP contribution in [0.25, 0.3) is 0 Å². The molecule has 3 rings (SSSR count). The summed E-state index contributed by atoms with van der Waals surface area (Å²) < 4.78 is 15.3. The molecule has 0 spiro atoms. The predicted molar refractivity (Wildman–Crippen MR) is 106 cm³/mol. The monoisotopic (exact) mass is 406 g/mol. The fourth-order valence-electron chi connectivity index (χ4n) is 4.36. The van der Waals surface area contributed by atoms with Crippen molar-refractivity contribution < 1.29 is 28.9 Å². The van der Waals surface area contributed by atoms with Gasteiger partial charge in [0, 0.05) is 24.2 Å². The minimum Gasteiger partial charge on any atom is -0.507 e. The van der Waals surface area contributed by atoms with E-state index in [2.05, 4.69) is 0 Å². The van der Waals surface area contributed by atoms with E-state index in [1.54, 1.807) is 19.2 Å². The number of benzene rings is 1. The summed E-state index contributed by atoms with van der Waals surface area (Å²) >= 11 is 0. The smallest absolute Gasteiger partial charge is 0.323 e. The highest BCUT2D eigenvalue weighted by atomic mass is 16.5. The van der Waals surface area contributed by atoms with Crippen LogP contribution < -0.4 is 4.74 Å². The molecule has 0 amide bonds. The lowest BCUT2D eigenvalue weighted by Crippen LogP contribution is -2.37. The molecule has 1 aromatic rings. The summed E-state index contributed by atoms with van der Waals surface area (Å²) in [5.41, 5.74) is 1.40. The van der Waals surface area contributed by atoms with Crippen molar-refractivity contribution in [2.45, 2.75) is 50.9 Å². The van der Waals surface area contributed by atoms with Crippen LogP contribution >= 0.6 is 0 Å². The quantitative estimate of drug-likeness (QED) is 0.684. The number of esters is 2. The highest BCUT2D eigenvalue weighted by Crippen LogP contribution is 2.34. The predicted octanol–water partition coefficient (Wildman–Crippen LogP) is 1.68. The van der Waals surface area contributed by atoms with Gasteiger partial charge in [-0.2, -0.15) is 0 Å². The summed E-state index contributed by atoms with van der Waals surface area (Å²) in [6.45, 7) is 2.39. The molecule has 2 aliphatic heterocycles. The highest BCUT2D eigenvalue weighted by molar-refractivity contribution is 5.76. The lowest BCUT2D eigenvalue weighted by Gasteiger charge is -2.26. The van der Waals surface area contributed by atoms with Gasteiger partial charge in [-0.3, -0.25) is 19.4 Å². The zero-order chi connectivity index (χ0) is 21.0. The van der Waals surface area contributed by atoms with E-state index < -0.39 is 0 Å². The van der Waals surface area contributed by atoms with Crippen LogP contribution in [0.3, 0.4) is 0 Å². The molecule has 0 bridgehead atoms. The lowest BCUT2D eigenvalue weighted by molar-refractivity contribution is -0.146. The molecule has 0 aliphatic carbocycles. The number of hydrogen-bond acceptors (Lipinski definition) is 8. The Bertz CT molecular complexity index is 696. The zero-order valence-electron chi connectivity index (χ0n) is 17.3. The molecule has 1 N–H and O–H groups in total. The number of rotatable bonds is 7. The van der Waals surface area contributed by atoms with E-state index in [0.29, 0.717) is 30.0 Å². The minimum absolute atomic E-state index is 0.178. The number of methoxy groups -OCH3 is 3. The third-order valence-corrected chi connectivity index (χ3v) is 5.90. The number of phenols is 1. The Labute approximate surface area is 171 Å². The maximum atomic E-state index is 12.0. The van der Waals surface area contributed by atoms with Gasteiger partial charge in [0.2, 0.25) is 0 Å². The summed E-state index contributed by atoms with van der Waals surface area (Å²) in [5.74, 6) is 0.318. The first kappa shape index (κ1) is 21.4. The molecule has 0 aromatic heterocycles. The highest BCUT2D eigenvalue weighted by Gasteiger charge is 2.34. The van der Waals surface area contributed by atoms with Gasteiger partial charge in [-0.15, -0.1) is 0 Å². The van der Waals surface area contributed by atoms with Crippen molar-refractivity contribution in [3.8, 4) is 11.5 Å². The fourth-order valence-corrected chi connectivity index (χ4v) is 4.36. The van der Waals surface area contributed by atoms with Crippen molar-refractivity contribution in [1.29, 1.82) is 0 Å². The molecule has 2 heterocycles. The van der Waals surface area contributed by atoms with E-state index in [4.69, 9.17) is 14.2 Å². The number of nitrogens with zero attached hydrogens (tertiary/aromatic N) is 2. The Hall–Kier alpha value is -2.32. The van der Waals surface area contributed by atoms with Gasteiger partial charge < -0.3 is 19.3 Å². The molecule has 2 saturated heterocycles. The molecule has 0 radical (unpaired) electrons. The third-order valence-electron chi connectivity index (χ3n) is 5.90. The van der Waals surface area contributed by atoms with Crippen LogP contribution in [-0.2, 0) is 32.2 Å². The topological polar surface area (TPSA) is 88.5 Å². The summed E-state index contributed by atoms with van der Waals surface area (Å²) in [7, 11) is 4.38. The number of phenolic OH excluding ortho intramolecular Hbond substituents is 1. The fraction of sp³-hybridized carbons (Fsp3) is 0.619. The summed E-state index contributed by atoms with van der Waals surface area (Å²) in [4.78, 5) is 28.1. The summed E-state index contributed by atoms with van der Waals surface area (Å²) in [6.07, 6.45) is 3.32. The number of likely N-dealkylation sites (tertiary alicyclic amines) is 2. The molecule has 29 heavy (non-hydrogen) atoms. The molecule has 8 heteroatoms. The molecule has 2 atom stereocenters. The molecule has 160 valence electrons. The van der Waals surface area contributed by atoms with Crippen molar-refractivity contribution in [3.05, 3.63) is 23.3 Å². The largest absolute Gasteiger partial charge is 0.507 e. The number of carbonyl (C=O) groups excluding carboxylic acids is 2. The first-order chi connectivity index (χ1) is 14.0. The van der Waals surface area contributed by atoms with Crippen molar-refractivity contribution in [2.75, 3.05) is 34.4 Å². The van der Waals surface area contributed by atoms with Crippen LogP contribution in [0.15, 0.2) is 12.1 Å². The Kier molecular flexibility index (Phi) is 6.97. The molecule has 1 aromatic carbocycles. The van der Waals surface area contributed by atoms with Gasteiger partial charge in [-0.25, -0.2) is 0 Å². The van der Waals surface area contributed by atoms with E-state index >= 15 is 0 Å². The summed E-state index contributed by atoms with van der Waals surface area (Å²) in [5, 5.41) is 11.0. The lowest BCUT2D eigenvalue weighted by atomic mass is 10.1. The van der Waals surface area contributed by atoms with Gasteiger partial charge in [-0.1, -0.05) is 0 Å². The SMILES string of the molecule is COC(=O)C1CCCN1Cc1cc(OC)cc(CN2CCCC2C(=O)OC)c1O. The van der Waals surface area contributed by atoms with Crippen molar-refractivity contribution in [2.24, 2.45) is 0 Å². The standard InChI is InChI=1S/C21H30N2O6/c1-27-16-10-14(12-22-8-4-6-17(22)20(25)28-2)19(24)15(11-16)13-23-9-5-7-18(23)21(26)29-3/h10-11,17-18,24H,4-9,12-13H2,1-3H3. The summed E-state index contributed by atoms with van der Waals surface area (Å²) in [6, 6.07) is 3.01. The van der Waals surface area contributed by atoms with Gasteiger partial charge in [-0.05, 0) is 50.9 Å². The normalized spacial score (nSPS) is 22.6. The molecular formula is C21H30N2O6. The van der Waals surface area contributed by atoms with Gasteiger partial charge >= 0.3 is 11.9 Å². The van der Waals surface area contributed by atoms with Crippen LogP contribution in [0.5, 0.6) is 11.5 Å². The average Bonchev–Trinajstić information content (AvgIpc) is 3.39. The van der Waals surface area contributed by atoms with Crippen molar-refractivity contribution in [1.82, 2.24) is 9.80 Å². The molecule has 2 aliphatic rings. The third kappa shape index (κ3) is 4.64. The number of carbonyl (C=O) groups is 2. The first-order valence-electron chi connectivity index (χ1n) is 10.0. The van der Waals surface area contributed by atoms with Crippen LogP contribution in [-0.4, -0.2) is 73.3 Å².